The number of carbonyl (C=O) groups excluding carboxylic acids is 2. The van der Waals surface area contributed by atoms with Crippen molar-refractivity contribution in [3.05, 3.63) is 64.0 Å². The molecule has 0 saturated carbocycles. The number of aromatic nitrogens is 4. The average Bonchev–Trinajstić information content (AvgIpc) is 3.44. The Kier molecular flexibility index (Phi) is 5.67. The molecule has 0 spiro atoms. The van der Waals surface area contributed by atoms with Crippen LogP contribution in [0.4, 0.5) is 0 Å². The lowest BCUT2D eigenvalue weighted by atomic mass is 10.0. The van der Waals surface area contributed by atoms with Gasteiger partial charge in [-0.05, 0) is 31.4 Å². The lowest BCUT2D eigenvalue weighted by Crippen LogP contribution is -2.35. The van der Waals surface area contributed by atoms with E-state index in [9.17, 15) is 9.59 Å². The Morgan fingerprint density at radius 2 is 2.09 bits per heavy atom. The molecule has 33 heavy (non-hydrogen) atoms. The van der Waals surface area contributed by atoms with Gasteiger partial charge in [0.25, 0.3) is 11.8 Å². The number of amides is 2. The minimum absolute atomic E-state index is 0.187. The molecule has 1 atom stereocenters. The number of hydrogen-bond donors (Lipinski definition) is 1. The van der Waals surface area contributed by atoms with E-state index in [4.69, 9.17) is 16.3 Å². The van der Waals surface area contributed by atoms with Gasteiger partial charge in [0.2, 0.25) is 0 Å². The predicted molar refractivity (Wildman–Crippen MR) is 122 cm³/mol. The Morgan fingerprint density at radius 1 is 1.24 bits per heavy atom. The smallest absolute Gasteiger partial charge is 0.272 e. The fraction of sp³-hybridized carbons (Fsp3) is 0.391. The van der Waals surface area contributed by atoms with Gasteiger partial charge in [0.15, 0.2) is 0 Å². The maximum Gasteiger partial charge on any atom is 0.272 e. The third kappa shape index (κ3) is 3.81. The van der Waals surface area contributed by atoms with Gasteiger partial charge in [-0.15, -0.1) is 0 Å². The van der Waals surface area contributed by atoms with Crippen molar-refractivity contribution in [1.29, 1.82) is 0 Å². The molecular weight excluding hydrogens is 444 g/mol. The largest absolute Gasteiger partial charge is 0.373 e. The maximum absolute atomic E-state index is 13.0. The molecule has 0 unspecified atom stereocenters. The van der Waals surface area contributed by atoms with Crippen LogP contribution in [-0.2, 0) is 24.3 Å². The number of benzene rings is 1. The summed E-state index contributed by atoms with van der Waals surface area (Å²) in [6.07, 6.45) is 6.49. The number of fused-ring (bicyclic) bond motifs is 2. The van der Waals surface area contributed by atoms with Crippen LogP contribution in [0.3, 0.4) is 0 Å². The molecule has 0 aliphatic carbocycles. The number of hydrogen-bond acceptors (Lipinski definition) is 5. The molecule has 10 heteroatoms. The van der Waals surface area contributed by atoms with Crippen LogP contribution in [0, 0.1) is 0 Å². The molecule has 2 aliphatic rings. The molecule has 2 aromatic heterocycles. The summed E-state index contributed by atoms with van der Waals surface area (Å²) < 4.78 is 9.54. The zero-order chi connectivity index (χ0) is 23.1. The fourth-order valence-corrected chi connectivity index (χ4v) is 4.74. The van der Waals surface area contributed by atoms with Crippen LogP contribution in [0.25, 0.3) is 5.69 Å². The molecule has 172 valence electrons. The fourth-order valence-electron chi connectivity index (χ4n) is 4.45. The Balaban J connectivity index is 1.44. The van der Waals surface area contributed by atoms with Crippen molar-refractivity contribution in [2.75, 3.05) is 20.7 Å². The van der Waals surface area contributed by atoms with Gasteiger partial charge >= 0.3 is 0 Å². The number of aryl methyl sites for hydroxylation is 1. The number of ether oxygens (including phenoxy) is 1. The zero-order valence-corrected chi connectivity index (χ0v) is 19.3. The van der Waals surface area contributed by atoms with Crippen molar-refractivity contribution in [3.8, 4) is 5.69 Å². The highest BCUT2D eigenvalue weighted by Crippen LogP contribution is 2.31. The van der Waals surface area contributed by atoms with Crippen molar-refractivity contribution < 1.29 is 14.3 Å². The molecule has 1 aromatic carbocycles. The van der Waals surface area contributed by atoms with Crippen LogP contribution < -0.4 is 5.32 Å². The standard InChI is InChI=1S/C23H25ClN6O3/c1-28(2)23(32)14-6-5-8-17(20(14)24)30-19-12-33-11-16(15(19)10-26-30)27-22(31)21-18-7-3-4-9-29(18)13-25-21/h5-6,8,10,13,16H,3-4,7,9,11-12H2,1-2H3,(H,27,31)/t16-/m0/s1. The van der Waals surface area contributed by atoms with Gasteiger partial charge in [0, 0.05) is 26.2 Å². The van der Waals surface area contributed by atoms with E-state index >= 15 is 0 Å². The molecule has 0 fully saturated rings. The lowest BCUT2D eigenvalue weighted by Gasteiger charge is -2.25. The van der Waals surface area contributed by atoms with Crippen LogP contribution >= 0.6 is 11.6 Å². The van der Waals surface area contributed by atoms with E-state index in [1.807, 2.05) is 6.07 Å². The highest BCUT2D eigenvalue weighted by Gasteiger charge is 2.30. The van der Waals surface area contributed by atoms with Crippen LogP contribution in [0.1, 0.15) is 56.7 Å². The second-order valence-corrected chi connectivity index (χ2v) is 8.91. The number of nitrogens with one attached hydrogen (secondary N) is 1. The van der Waals surface area contributed by atoms with E-state index < -0.39 is 0 Å². The van der Waals surface area contributed by atoms with Crippen molar-refractivity contribution in [2.24, 2.45) is 0 Å². The molecule has 3 aromatic rings. The monoisotopic (exact) mass is 468 g/mol. The van der Waals surface area contributed by atoms with Crippen LogP contribution in [-0.4, -0.2) is 56.7 Å². The average molecular weight is 469 g/mol. The van der Waals surface area contributed by atoms with E-state index in [0.29, 0.717) is 35.2 Å². The summed E-state index contributed by atoms with van der Waals surface area (Å²) in [5.41, 5.74) is 4.10. The van der Waals surface area contributed by atoms with Gasteiger partial charge in [-0.2, -0.15) is 5.10 Å². The van der Waals surface area contributed by atoms with Crippen molar-refractivity contribution in [1.82, 2.24) is 29.5 Å². The first-order valence-electron chi connectivity index (χ1n) is 11.0. The topological polar surface area (TPSA) is 94.3 Å². The van der Waals surface area contributed by atoms with E-state index in [1.54, 1.807) is 43.4 Å². The quantitative estimate of drug-likeness (QED) is 0.635. The van der Waals surface area contributed by atoms with Gasteiger partial charge in [0.05, 0.1) is 59.4 Å². The van der Waals surface area contributed by atoms with Crippen LogP contribution in [0.15, 0.2) is 30.7 Å². The van der Waals surface area contributed by atoms with Gasteiger partial charge in [0.1, 0.15) is 5.69 Å². The van der Waals surface area contributed by atoms with E-state index in [-0.39, 0.29) is 17.9 Å². The Labute approximate surface area is 196 Å². The third-order valence-corrected chi connectivity index (χ3v) is 6.57. The van der Waals surface area contributed by atoms with Crippen molar-refractivity contribution in [2.45, 2.75) is 38.5 Å². The SMILES string of the molecule is CN(C)C(=O)c1cccc(-n2ncc3c2COC[C@@H]3NC(=O)c2ncn3c2CCCC3)c1Cl. The third-order valence-electron chi connectivity index (χ3n) is 6.17. The Bertz CT molecular complexity index is 1230. The summed E-state index contributed by atoms with van der Waals surface area (Å²) in [5.74, 6) is -0.399. The molecule has 2 amide bonds. The molecule has 9 nitrogen and oxygen atoms in total. The van der Waals surface area contributed by atoms with Gasteiger partial charge in [-0.1, -0.05) is 17.7 Å². The van der Waals surface area contributed by atoms with E-state index in [1.165, 1.54) is 4.90 Å². The van der Waals surface area contributed by atoms with Gasteiger partial charge < -0.3 is 19.5 Å². The number of nitrogens with zero attached hydrogens (tertiary/aromatic N) is 5. The Morgan fingerprint density at radius 3 is 2.91 bits per heavy atom. The van der Waals surface area contributed by atoms with Crippen molar-refractivity contribution in [3.63, 3.8) is 0 Å². The van der Waals surface area contributed by atoms with Crippen LogP contribution in [0.5, 0.6) is 0 Å². The lowest BCUT2D eigenvalue weighted by molar-refractivity contribution is 0.0684. The first-order chi connectivity index (χ1) is 16.0. The van der Waals surface area contributed by atoms with E-state index in [2.05, 4.69) is 20.0 Å². The molecule has 0 saturated heterocycles. The summed E-state index contributed by atoms with van der Waals surface area (Å²) in [7, 11) is 3.36. The first-order valence-corrected chi connectivity index (χ1v) is 11.3. The summed E-state index contributed by atoms with van der Waals surface area (Å²) >= 11 is 6.61. The highest BCUT2D eigenvalue weighted by atomic mass is 35.5. The number of carbonyl (C=O) groups is 2. The molecule has 4 heterocycles. The number of halogens is 1. The minimum atomic E-state index is -0.360. The number of rotatable bonds is 4. The summed E-state index contributed by atoms with van der Waals surface area (Å²) in [6.45, 7) is 1.56. The maximum atomic E-state index is 13.0. The molecule has 2 aliphatic heterocycles. The minimum Gasteiger partial charge on any atom is -0.373 e. The normalized spacial score (nSPS) is 17.2. The predicted octanol–water partition coefficient (Wildman–Crippen LogP) is 2.76. The second kappa shape index (κ2) is 8.64. The molecule has 5 rings (SSSR count). The summed E-state index contributed by atoms with van der Waals surface area (Å²) in [4.78, 5) is 31.4. The van der Waals surface area contributed by atoms with Gasteiger partial charge in [-0.3, -0.25) is 9.59 Å². The first kappa shape index (κ1) is 21.7. The molecule has 1 N–H and O–H groups in total. The Hall–Kier alpha value is -3.17. The zero-order valence-electron chi connectivity index (χ0n) is 18.5. The summed E-state index contributed by atoms with van der Waals surface area (Å²) in [6, 6.07) is 4.91. The van der Waals surface area contributed by atoms with E-state index in [0.717, 1.165) is 42.8 Å². The highest BCUT2D eigenvalue weighted by molar-refractivity contribution is 6.35. The van der Waals surface area contributed by atoms with Gasteiger partial charge in [-0.25, -0.2) is 9.67 Å². The van der Waals surface area contributed by atoms with Crippen LogP contribution in [0.2, 0.25) is 5.02 Å². The molecular formula is C23H25ClN6O3. The van der Waals surface area contributed by atoms with Crippen molar-refractivity contribution >= 4 is 23.4 Å². The number of imidazole rings is 1. The second-order valence-electron chi connectivity index (χ2n) is 8.53. The molecule has 0 bridgehead atoms. The summed E-state index contributed by atoms with van der Waals surface area (Å²) in [5, 5.41) is 7.90. The molecule has 0 radical (unpaired) electrons.